The molecule has 17 amide bonds. The Labute approximate surface area is 757 Å². The summed E-state index contributed by atoms with van der Waals surface area (Å²) in [5.74, 6) is -16.0. The normalized spacial score (nSPS) is 15.2. The fraction of sp³-hybridized carbons (Fsp3) is 0.511. The molecule has 0 aliphatic carbocycles. The monoisotopic (exact) mass is 1820 g/mol. The van der Waals surface area contributed by atoms with Crippen molar-refractivity contribution in [3.05, 3.63) is 126 Å². The molecular weight excluding hydrogens is 1700 g/mol. The maximum atomic E-state index is 15.1. The van der Waals surface area contributed by atoms with Crippen LogP contribution in [0.15, 0.2) is 104 Å². The van der Waals surface area contributed by atoms with Gasteiger partial charge in [0.2, 0.25) is 100 Å². The number of likely N-dealkylation sites (tertiary alicyclic amines) is 1. The number of fused-ring (bicyclic) bond motifs is 2. The number of benzene rings is 3. The van der Waals surface area contributed by atoms with Crippen molar-refractivity contribution in [3.63, 3.8) is 0 Å². The van der Waals surface area contributed by atoms with Crippen LogP contribution in [0.5, 0.6) is 0 Å². The largest absolute Gasteiger partial charge is 0.394 e. The van der Waals surface area contributed by atoms with E-state index in [4.69, 9.17) is 22.9 Å². The Balaban J connectivity index is 1.05. The minimum atomic E-state index is -1.76. The predicted molar refractivity (Wildman–Crippen MR) is 481 cm³/mol. The fourth-order valence-corrected chi connectivity index (χ4v) is 16.1. The zero-order valence-electron chi connectivity index (χ0n) is 74.9. The summed E-state index contributed by atoms with van der Waals surface area (Å²) in [6.45, 7) is 7.70. The van der Waals surface area contributed by atoms with Crippen molar-refractivity contribution in [2.45, 2.75) is 216 Å². The number of nitrogens with zero attached hydrogens (tertiary/aromatic N) is 6. The molecule has 1 aliphatic rings. The number of aromatic nitrogens is 4. The van der Waals surface area contributed by atoms with Gasteiger partial charge in [-0.2, -0.15) is 0 Å². The number of Topliss-reactive ketones (excluding diaryl/α,β-unsaturated/α-hetero) is 1. The molecule has 0 spiro atoms. The van der Waals surface area contributed by atoms with Gasteiger partial charge in [0, 0.05) is 112 Å². The zero-order valence-corrected chi connectivity index (χ0v) is 75.8. The number of carbonyl (C=O) groups excluding carboxylic acids is 18. The molecule has 13 atom stereocenters. The SMILES string of the molecule is CCCC[C@@H](C(=O)N(C)[C@@H](CCCC)C(C)=O)N(C)C(=O)[C@H](Cc1c[nH]c2ccccc12)NC(=O)[C@H](CO)NC(=O)[C@H](Cc1c[nH]c2ccccc12)NC(=O)CN(C)C(=O)[C@H](CC(C)C)NC(=O)[C@H](Cc1cnc[nH]1)NC(=O)[C@@H]1CCCN1C(=O)[C@H](CC(N)=O)NC(=O)[C@H](C)N(C)C(=O)[C@H](Cc1ccccc1)NC(=O)CSC[C@H](NC(=O)[C@@H](N)CC(N)=O)C(=O)NCC(N)=O. The van der Waals surface area contributed by atoms with E-state index in [0.29, 0.717) is 59.0 Å². The third-order valence-corrected chi connectivity index (χ3v) is 23.5. The summed E-state index contributed by atoms with van der Waals surface area (Å²) >= 11 is 0.823. The van der Waals surface area contributed by atoms with Gasteiger partial charge in [0.1, 0.15) is 66.5 Å². The van der Waals surface area contributed by atoms with Crippen molar-refractivity contribution in [3.8, 4) is 0 Å². The molecule has 0 bridgehead atoms. The minimum Gasteiger partial charge on any atom is -0.394 e. The standard InChI is InChI=1S/C88H124N22O19S/c1-11-13-29-69(51(6)112)108(9)88(129)71(30-14-12-2)109(10)86(127)65(36-54-41-95-60-28-21-19-26-57(54)60)103-82(123)67(45-111)104-80(121)61(35-53-40-94-59-27-20-18-25-56(53)59)98-75(116)44-106(7)84(125)63(33-49(3)4)102-81(122)62(37-55-42-93-48-97-55)100-83(124)70-31-22-32-110(70)87(128)66(39-73(91)114)101-77(118)50(5)107(8)85(126)64(34-52-23-16-15-17-24-52)99-76(117)47-130-46-68(79(120)96-43-74(92)115)105-78(119)58(89)38-72(90)113/h15-21,23-28,40-42,48-50,58,61-71,94-95,111H,11-14,22,29-39,43-47,89H2,1-10H3,(H2,90,113)(H2,91,114)(H2,92,115)(H,93,97)(H,96,120)(H,98,116)(H,99,117)(H,100,124)(H,101,118)(H,102,122)(H,103,123)(H,104,121)(H,105,119)/t50-,58-,61-,62-,63-,64-,65-,66-,67-,68-,69-,70-,71-/m0/s1. The Morgan fingerprint density at radius 2 is 1.06 bits per heavy atom. The van der Waals surface area contributed by atoms with Crippen LogP contribution in [0.2, 0.25) is 0 Å². The highest BCUT2D eigenvalue weighted by Gasteiger charge is 2.43. The number of imidazole rings is 1. The van der Waals surface area contributed by atoms with E-state index in [2.05, 4.69) is 67.8 Å². The maximum absolute atomic E-state index is 15.1. The number of carbonyl (C=O) groups is 18. The summed E-state index contributed by atoms with van der Waals surface area (Å²) in [5.41, 5.74) is 25.3. The Hall–Kier alpha value is -13.1. The number of para-hydroxylation sites is 2. The van der Waals surface area contributed by atoms with Gasteiger partial charge in [0.15, 0.2) is 5.78 Å². The molecule has 6 aromatic rings. The van der Waals surface area contributed by atoms with Gasteiger partial charge in [-0.25, -0.2) is 4.98 Å². The van der Waals surface area contributed by atoms with Gasteiger partial charge < -0.3 is 115 Å². The molecule has 0 unspecified atom stereocenters. The number of thioether (sulfide) groups is 1. The molecule has 0 radical (unpaired) electrons. The zero-order chi connectivity index (χ0) is 95.8. The number of nitrogens with two attached hydrogens (primary N) is 4. The van der Waals surface area contributed by atoms with E-state index in [0.717, 1.165) is 43.8 Å². The molecule has 706 valence electrons. The third-order valence-electron chi connectivity index (χ3n) is 22.4. The van der Waals surface area contributed by atoms with Crippen LogP contribution in [-0.4, -0.2) is 300 Å². The van der Waals surface area contributed by atoms with Crippen LogP contribution < -0.4 is 70.8 Å². The predicted octanol–water partition coefficient (Wildman–Crippen LogP) is -2.11. The topological polar surface area (TPSA) is 616 Å². The number of aliphatic hydroxyl groups excluding tert-OH is 1. The average molecular weight is 1830 g/mol. The van der Waals surface area contributed by atoms with E-state index in [1.807, 2.05) is 32.0 Å². The number of aromatic amines is 3. The first kappa shape index (κ1) is 104. The summed E-state index contributed by atoms with van der Waals surface area (Å²) in [6, 6.07) is 4.63. The molecule has 3 aromatic heterocycles. The summed E-state index contributed by atoms with van der Waals surface area (Å²) in [4.78, 5) is 269. The van der Waals surface area contributed by atoms with Gasteiger partial charge in [-0.3, -0.25) is 86.3 Å². The maximum Gasteiger partial charge on any atom is 0.246 e. The van der Waals surface area contributed by atoms with Crippen LogP contribution in [0.25, 0.3) is 21.8 Å². The lowest BCUT2D eigenvalue weighted by Crippen LogP contribution is -2.60. The number of nitrogens with one attached hydrogen (secondary N) is 12. The smallest absolute Gasteiger partial charge is 0.246 e. The number of amides is 17. The molecule has 1 fully saturated rings. The van der Waals surface area contributed by atoms with Gasteiger partial charge >= 0.3 is 0 Å². The number of aliphatic hydroxyl groups is 1. The second-order valence-corrected chi connectivity index (χ2v) is 34.0. The summed E-state index contributed by atoms with van der Waals surface area (Å²) in [7, 11) is 5.52. The molecule has 21 N–H and O–H groups in total. The number of hydrogen-bond acceptors (Lipinski definition) is 22. The van der Waals surface area contributed by atoms with E-state index in [-0.39, 0.29) is 75.4 Å². The van der Waals surface area contributed by atoms with Crippen LogP contribution in [0.4, 0.5) is 0 Å². The number of hydrogen-bond donors (Lipinski definition) is 17. The van der Waals surface area contributed by atoms with Crippen LogP contribution >= 0.6 is 11.8 Å². The van der Waals surface area contributed by atoms with E-state index in [9.17, 15) is 86.6 Å². The first-order valence-electron chi connectivity index (χ1n) is 43.2. The summed E-state index contributed by atoms with van der Waals surface area (Å²) in [6.07, 6.45) is 7.37. The van der Waals surface area contributed by atoms with Gasteiger partial charge in [0.05, 0.1) is 56.7 Å². The highest BCUT2D eigenvalue weighted by Crippen LogP contribution is 2.26. The number of likely N-dealkylation sites (N-methyl/N-ethyl adjacent to an activating group) is 4. The Morgan fingerprint density at radius 1 is 0.538 bits per heavy atom. The fourth-order valence-electron chi connectivity index (χ4n) is 15.2. The molecule has 1 aliphatic heterocycles. The minimum absolute atomic E-state index is 0.00967. The van der Waals surface area contributed by atoms with Gasteiger partial charge in [-0.05, 0) is 80.7 Å². The molecule has 1 saturated heterocycles. The number of primary amides is 3. The van der Waals surface area contributed by atoms with Crippen LogP contribution in [-0.2, 0) is 112 Å². The lowest BCUT2D eigenvalue weighted by Gasteiger charge is -2.36. The molecule has 42 heteroatoms. The van der Waals surface area contributed by atoms with Crippen LogP contribution in [0.1, 0.15) is 135 Å². The van der Waals surface area contributed by atoms with E-state index in [1.165, 1.54) is 64.4 Å². The molecular formula is C88H124N22O19S. The van der Waals surface area contributed by atoms with Crippen molar-refractivity contribution in [1.29, 1.82) is 0 Å². The molecule has 3 aromatic carbocycles. The second kappa shape index (κ2) is 50.6. The lowest BCUT2D eigenvalue weighted by molar-refractivity contribution is -0.148. The Morgan fingerprint density at radius 3 is 1.63 bits per heavy atom. The molecule has 0 saturated carbocycles. The summed E-state index contributed by atoms with van der Waals surface area (Å²) in [5, 5.41) is 35.7. The highest BCUT2D eigenvalue weighted by atomic mass is 32.2. The molecule has 7 rings (SSSR count). The average Bonchev–Trinajstić information content (AvgIpc) is 1.73. The van der Waals surface area contributed by atoms with Gasteiger partial charge in [-0.15, -0.1) is 11.8 Å². The number of unbranched alkanes of at least 4 members (excludes halogenated alkanes) is 2. The lowest BCUT2D eigenvalue weighted by atomic mass is 9.99. The Kier molecular flexibility index (Phi) is 40.4. The number of rotatable bonds is 53. The van der Waals surface area contributed by atoms with Crippen molar-refractivity contribution in [2.75, 3.05) is 65.9 Å². The molecule has 41 nitrogen and oxygen atoms in total. The van der Waals surface area contributed by atoms with Crippen molar-refractivity contribution < 1.29 is 91.4 Å². The molecule has 4 heterocycles. The van der Waals surface area contributed by atoms with Crippen LogP contribution in [0.3, 0.4) is 0 Å². The van der Waals surface area contributed by atoms with Gasteiger partial charge in [-0.1, -0.05) is 120 Å². The third kappa shape index (κ3) is 30.5. The highest BCUT2D eigenvalue weighted by molar-refractivity contribution is 8.00. The summed E-state index contributed by atoms with van der Waals surface area (Å²) < 4.78 is 0. The van der Waals surface area contributed by atoms with Crippen molar-refractivity contribution in [2.24, 2.45) is 28.9 Å². The number of ketones is 1. The van der Waals surface area contributed by atoms with Crippen molar-refractivity contribution in [1.82, 2.24) is 92.3 Å². The van der Waals surface area contributed by atoms with E-state index in [1.54, 1.807) is 86.9 Å². The first-order chi connectivity index (χ1) is 61.7. The quantitative estimate of drug-likeness (QED) is 0.0194. The van der Waals surface area contributed by atoms with E-state index < -0.39 is 217 Å². The van der Waals surface area contributed by atoms with Crippen LogP contribution in [0, 0.1) is 5.92 Å². The van der Waals surface area contributed by atoms with E-state index >= 15 is 4.79 Å². The van der Waals surface area contributed by atoms with Crippen molar-refractivity contribution >= 4 is 140 Å². The Bertz CT molecular complexity index is 4970. The molecule has 130 heavy (non-hydrogen) atoms. The first-order valence-corrected chi connectivity index (χ1v) is 44.4. The van der Waals surface area contributed by atoms with Gasteiger partial charge in [0.25, 0.3) is 0 Å². The second-order valence-electron chi connectivity index (χ2n) is 33.0. The number of H-pyrrole nitrogens is 3.